The molecule has 3 aromatic rings. The maximum atomic E-state index is 14.3. The number of nitrogens with zero attached hydrogens (tertiary/aromatic N) is 3. The summed E-state index contributed by atoms with van der Waals surface area (Å²) in [5, 5.41) is 22.6. The van der Waals surface area contributed by atoms with Gasteiger partial charge in [0.15, 0.2) is 5.76 Å². The predicted molar refractivity (Wildman–Crippen MR) is 184 cm³/mol. The molecule has 1 aliphatic rings. The summed E-state index contributed by atoms with van der Waals surface area (Å²) in [4.78, 5) is 43.4. The van der Waals surface area contributed by atoms with E-state index in [0.29, 0.717) is 40.9 Å². The van der Waals surface area contributed by atoms with Crippen molar-refractivity contribution in [1.29, 1.82) is 0 Å². The van der Waals surface area contributed by atoms with Crippen molar-refractivity contribution >= 4 is 35.0 Å². The number of aliphatic hydroxyl groups excluding tert-OH is 1. The Morgan fingerprint density at radius 3 is 2.48 bits per heavy atom. The monoisotopic (exact) mass is 664 g/mol. The van der Waals surface area contributed by atoms with Gasteiger partial charge in [-0.25, -0.2) is 9.59 Å². The SMILES string of the molecule is Cc1noc(C)c1NC(=O)N(C)C[C@@H]1OCCCC[C@@H](C)Oc2ccc(NC(=O)Nc3ccccc3)cc2C(=O)N([C@H](C)CO)C[C@@H]1C. The molecule has 2 aromatic carbocycles. The zero-order valence-electron chi connectivity index (χ0n) is 28.6. The van der Waals surface area contributed by atoms with Gasteiger partial charge in [0.25, 0.3) is 5.91 Å². The maximum Gasteiger partial charge on any atom is 0.323 e. The first-order valence-corrected chi connectivity index (χ1v) is 16.4. The molecule has 4 N–H and O–H groups in total. The van der Waals surface area contributed by atoms with Gasteiger partial charge in [0.2, 0.25) is 0 Å². The Morgan fingerprint density at radius 1 is 1.06 bits per heavy atom. The van der Waals surface area contributed by atoms with Crippen LogP contribution in [0.5, 0.6) is 5.75 Å². The van der Waals surface area contributed by atoms with E-state index in [1.165, 1.54) is 0 Å². The summed E-state index contributed by atoms with van der Waals surface area (Å²) in [7, 11) is 1.69. The number of hydrogen-bond acceptors (Lipinski definition) is 8. The van der Waals surface area contributed by atoms with Crippen LogP contribution in [0.1, 0.15) is 61.8 Å². The van der Waals surface area contributed by atoms with Crippen LogP contribution in [-0.2, 0) is 4.74 Å². The number of benzene rings is 2. The molecule has 1 aromatic heterocycles. The molecule has 0 saturated carbocycles. The summed E-state index contributed by atoms with van der Waals surface area (Å²) in [5.41, 5.74) is 2.41. The lowest BCUT2D eigenvalue weighted by Crippen LogP contribution is -2.48. The molecular weight excluding hydrogens is 616 g/mol. The van der Waals surface area contributed by atoms with E-state index in [-0.39, 0.29) is 49.2 Å². The zero-order valence-corrected chi connectivity index (χ0v) is 28.6. The number of para-hydroxylation sites is 1. The van der Waals surface area contributed by atoms with Crippen LogP contribution in [0, 0.1) is 19.8 Å². The minimum atomic E-state index is -0.544. The number of ether oxygens (including phenoxy) is 2. The molecule has 4 rings (SSSR count). The summed E-state index contributed by atoms with van der Waals surface area (Å²) in [6, 6.07) is 12.7. The number of fused-ring (bicyclic) bond motifs is 1. The highest BCUT2D eigenvalue weighted by molar-refractivity contribution is 6.02. The first-order chi connectivity index (χ1) is 23.0. The topological polar surface area (TPSA) is 158 Å². The Hall–Kier alpha value is -4.62. The summed E-state index contributed by atoms with van der Waals surface area (Å²) < 4.78 is 17.8. The van der Waals surface area contributed by atoms with Crippen LogP contribution in [0.25, 0.3) is 0 Å². The first-order valence-electron chi connectivity index (χ1n) is 16.4. The number of aromatic nitrogens is 1. The molecule has 0 spiro atoms. The fourth-order valence-electron chi connectivity index (χ4n) is 5.49. The molecule has 5 amide bonds. The van der Waals surface area contributed by atoms with Crippen LogP contribution in [0.2, 0.25) is 0 Å². The molecule has 13 heteroatoms. The van der Waals surface area contributed by atoms with E-state index in [0.717, 1.165) is 19.3 Å². The van der Waals surface area contributed by atoms with Gasteiger partial charge in [0.05, 0.1) is 30.4 Å². The number of aliphatic hydroxyl groups is 1. The number of rotatable bonds is 7. The predicted octanol–water partition coefficient (Wildman–Crippen LogP) is 5.89. The van der Waals surface area contributed by atoms with Gasteiger partial charge in [-0.15, -0.1) is 0 Å². The second kappa shape index (κ2) is 17.0. The van der Waals surface area contributed by atoms with Crippen LogP contribution < -0.4 is 20.7 Å². The van der Waals surface area contributed by atoms with Crippen LogP contribution in [0.15, 0.2) is 53.1 Å². The third-order valence-corrected chi connectivity index (χ3v) is 8.41. The number of carbonyl (C=O) groups is 3. The Bertz CT molecular complexity index is 1510. The molecule has 0 radical (unpaired) electrons. The van der Waals surface area contributed by atoms with Gasteiger partial charge in [0.1, 0.15) is 17.1 Å². The molecule has 1 aliphatic heterocycles. The molecule has 0 fully saturated rings. The average molecular weight is 665 g/mol. The highest BCUT2D eigenvalue weighted by atomic mass is 16.5. The summed E-state index contributed by atoms with van der Waals surface area (Å²) in [5.74, 6) is 0.307. The van der Waals surface area contributed by atoms with E-state index in [1.54, 1.807) is 68.0 Å². The molecule has 0 bridgehead atoms. The molecule has 260 valence electrons. The van der Waals surface area contributed by atoms with Gasteiger partial charge in [-0.05, 0) is 77.3 Å². The number of anilines is 3. The number of nitrogens with one attached hydrogen (secondary N) is 3. The smallest absolute Gasteiger partial charge is 0.323 e. The van der Waals surface area contributed by atoms with Gasteiger partial charge in [-0.2, -0.15) is 0 Å². The fraction of sp³-hybridized carbons (Fsp3) is 0.486. The molecule has 0 unspecified atom stereocenters. The fourth-order valence-corrected chi connectivity index (χ4v) is 5.49. The van der Waals surface area contributed by atoms with Crippen molar-refractivity contribution in [3.63, 3.8) is 0 Å². The normalized spacial score (nSPS) is 19.7. The van der Waals surface area contributed by atoms with Gasteiger partial charge >= 0.3 is 12.1 Å². The van der Waals surface area contributed by atoms with Crippen LogP contribution in [-0.4, -0.2) is 89.6 Å². The highest BCUT2D eigenvalue weighted by Gasteiger charge is 2.31. The average Bonchev–Trinajstić information content (AvgIpc) is 3.38. The van der Waals surface area contributed by atoms with Crippen molar-refractivity contribution in [3.05, 3.63) is 65.5 Å². The maximum absolute atomic E-state index is 14.3. The van der Waals surface area contributed by atoms with Gasteiger partial charge < -0.3 is 44.9 Å². The zero-order chi connectivity index (χ0) is 34.8. The van der Waals surface area contributed by atoms with Gasteiger partial charge in [0, 0.05) is 44.0 Å². The van der Waals surface area contributed by atoms with Gasteiger partial charge in [-0.1, -0.05) is 30.3 Å². The first kappa shape index (κ1) is 36.2. The van der Waals surface area contributed by atoms with Crippen molar-refractivity contribution < 1.29 is 33.5 Å². The van der Waals surface area contributed by atoms with Gasteiger partial charge in [-0.3, -0.25) is 4.79 Å². The lowest BCUT2D eigenvalue weighted by atomic mass is 10.0. The van der Waals surface area contributed by atoms with E-state index >= 15 is 0 Å². The second-order valence-electron chi connectivity index (χ2n) is 12.5. The lowest BCUT2D eigenvalue weighted by Gasteiger charge is -2.35. The molecule has 0 aliphatic carbocycles. The molecular formula is C35H48N6O7. The van der Waals surface area contributed by atoms with Crippen molar-refractivity contribution in [2.24, 2.45) is 5.92 Å². The summed E-state index contributed by atoms with van der Waals surface area (Å²) in [6.45, 7) is 9.86. The minimum absolute atomic E-state index is 0.197. The highest BCUT2D eigenvalue weighted by Crippen LogP contribution is 2.29. The summed E-state index contributed by atoms with van der Waals surface area (Å²) in [6.07, 6.45) is 1.73. The second-order valence-corrected chi connectivity index (χ2v) is 12.5. The number of aryl methyl sites for hydroxylation is 2. The van der Waals surface area contributed by atoms with E-state index in [4.69, 9.17) is 14.0 Å². The van der Waals surface area contributed by atoms with Crippen LogP contribution in [0.4, 0.5) is 26.7 Å². The van der Waals surface area contributed by atoms with E-state index in [1.807, 2.05) is 32.0 Å². The summed E-state index contributed by atoms with van der Waals surface area (Å²) >= 11 is 0. The Balaban J connectivity index is 1.58. The van der Waals surface area contributed by atoms with E-state index in [9.17, 15) is 19.5 Å². The van der Waals surface area contributed by atoms with Crippen molar-refractivity contribution in [2.45, 2.75) is 72.1 Å². The van der Waals surface area contributed by atoms with Crippen molar-refractivity contribution in [1.82, 2.24) is 15.0 Å². The number of hydrogen-bond donors (Lipinski definition) is 4. The number of urea groups is 2. The number of likely N-dealkylation sites (N-methyl/N-ethyl adjacent to an activating group) is 1. The van der Waals surface area contributed by atoms with E-state index < -0.39 is 18.2 Å². The Kier molecular flexibility index (Phi) is 12.8. The standard InChI is InChI=1S/C35H48N6O7/c1-22-19-41(23(2)21-42)33(43)29-18-28(37-34(44)36-27-13-8-7-9-14-27)15-16-30(29)47-24(3)12-10-11-17-46-31(22)20-40(6)35(45)38-32-25(4)39-48-26(32)5/h7-9,13-16,18,22-24,31,42H,10-12,17,19-21H2,1-6H3,(H,38,45)(H2,36,37,44)/t22-,23+,24+,31-/m0/s1. The number of carbonyl (C=O) groups excluding carboxylic acids is 3. The lowest BCUT2D eigenvalue weighted by molar-refractivity contribution is -0.0115. The Morgan fingerprint density at radius 2 is 1.79 bits per heavy atom. The molecule has 4 atom stereocenters. The van der Waals surface area contributed by atoms with Crippen LogP contribution >= 0.6 is 0 Å². The minimum Gasteiger partial charge on any atom is -0.490 e. The molecule has 2 heterocycles. The van der Waals surface area contributed by atoms with Crippen molar-refractivity contribution in [2.75, 3.05) is 49.3 Å². The molecule has 0 saturated heterocycles. The van der Waals surface area contributed by atoms with Crippen molar-refractivity contribution in [3.8, 4) is 5.75 Å². The third-order valence-electron chi connectivity index (χ3n) is 8.41. The Labute approximate surface area is 281 Å². The number of amides is 5. The quantitative estimate of drug-likeness (QED) is 0.243. The molecule has 13 nitrogen and oxygen atoms in total. The largest absolute Gasteiger partial charge is 0.490 e. The third kappa shape index (κ3) is 9.71. The van der Waals surface area contributed by atoms with E-state index in [2.05, 4.69) is 21.1 Å². The van der Waals surface area contributed by atoms with Crippen LogP contribution in [0.3, 0.4) is 0 Å². The molecule has 48 heavy (non-hydrogen) atoms.